The molecule has 4 rings (SSSR count). The lowest BCUT2D eigenvalue weighted by molar-refractivity contribution is 0.0697. The van der Waals surface area contributed by atoms with E-state index in [0.29, 0.717) is 11.3 Å². The van der Waals surface area contributed by atoms with E-state index in [2.05, 4.69) is 23.6 Å². The number of carboxylic acids is 1. The molecule has 0 amide bonds. The van der Waals surface area contributed by atoms with Gasteiger partial charge in [0, 0.05) is 0 Å². The maximum absolute atomic E-state index is 10.2. The molecule has 3 nitrogen and oxygen atoms in total. The topological polar surface area (TPSA) is 57.5 Å². The van der Waals surface area contributed by atoms with Crippen molar-refractivity contribution in [2.75, 3.05) is 0 Å². The first-order valence-electron chi connectivity index (χ1n) is 7.94. The molecule has 0 unspecified atom stereocenters. The molecule has 1 heterocycles. The molecule has 0 spiro atoms. The highest BCUT2D eigenvalue weighted by molar-refractivity contribution is 6.49. The highest BCUT2D eigenvalue weighted by Crippen LogP contribution is 2.18. The Bertz CT molecular complexity index is 860. The van der Waals surface area contributed by atoms with E-state index in [-0.39, 0.29) is 9.52 Å². The zero-order chi connectivity index (χ0) is 17.9. The third-order valence-corrected chi connectivity index (χ3v) is 4.50. The molecule has 0 atom stereocenters. The predicted octanol–water partition coefficient (Wildman–Crippen LogP) is 4.13. The van der Waals surface area contributed by atoms with Gasteiger partial charge in [0.2, 0.25) is 0 Å². The average Bonchev–Trinajstić information content (AvgIpc) is 3.23. The number of aromatic carboxylic acids is 1. The standard InChI is InChI=1S/C10H8O.C7H6O2.C4H6Si/c11-10-6-5-8-3-1-2-4-9(8)7-10;8-7(9)6-4-2-1-3-5-6;1-2-4-5-3-1/h1-7,11H;1-5H,(H,8,9);1-4H,5H2. The Morgan fingerprint density at radius 3 is 1.88 bits per heavy atom. The van der Waals surface area contributed by atoms with Crippen molar-refractivity contribution in [3.8, 4) is 5.75 Å². The van der Waals surface area contributed by atoms with Crippen molar-refractivity contribution in [2.24, 2.45) is 0 Å². The molecular weight excluding hydrogens is 328 g/mol. The Labute approximate surface area is 149 Å². The summed E-state index contributed by atoms with van der Waals surface area (Å²) in [4.78, 5) is 10.2. The highest BCUT2D eigenvalue weighted by Gasteiger charge is 1.96. The summed E-state index contributed by atoms with van der Waals surface area (Å²) < 4.78 is 0. The van der Waals surface area contributed by atoms with Crippen LogP contribution in [0.1, 0.15) is 10.4 Å². The van der Waals surface area contributed by atoms with Gasteiger partial charge in [0.25, 0.3) is 0 Å². The van der Waals surface area contributed by atoms with Gasteiger partial charge in [-0.15, -0.1) is 0 Å². The fraction of sp³-hybridized carbons (Fsp3) is 0. The van der Waals surface area contributed by atoms with Gasteiger partial charge in [-0.05, 0) is 35.0 Å². The third kappa shape index (κ3) is 6.49. The number of benzene rings is 3. The first-order chi connectivity index (χ1) is 12.2. The number of carboxylic acid groups (broad SMARTS) is 1. The largest absolute Gasteiger partial charge is 0.508 e. The van der Waals surface area contributed by atoms with E-state index in [4.69, 9.17) is 10.2 Å². The molecule has 0 aromatic heterocycles. The van der Waals surface area contributed by atoms with Crippen LogP contribution in [0.25, 0.3) is 10.8 Å². The highest BCUT2D eigenvalue weighted by atomic mass is 28.2. The van der Waals surface area contributed by atoms with Gasteiger partial charge in [-0.3, -0.25) is 0 Å². The molecule has 1 aliphatic heterocycles. The quantitative estimate of drug-likeness (QED) is 0.650. The fourth-order valence-electron chi connectivity index (χ4n) is 2.15. The molecule has 3 aromatic carbocycles. The normalized spacial score (nSPS) is 11.2. The number of phenolic OH excluding ortho intramolecular Hbond substituents is 1. The van der Waals surface area contributed by atoms with Crippen molar-refractivity contribution in [3.05, 3.63) is 102 Å². The van der Waals surface area contributed by atoms with Crippen LogP contribution in [0.2, 0.25) is 0 Å². The van der Waals surface area contributed by atoms with E-state index in [9.17, 15) is 4.79 Å². The Morgan fingerprint density at radius 1 is 0.760 bits per heavy atom. The van der Waals surface area contributed by atoms with Gasteiger partial charge in [0.05, 0.1) is 15.1 Å². The summed E-state index contributed by atoms with van der Waals surface area (Å²) in [5.74, 6) is -0.556. The Kier molecular flexibility index (Phi) is 7.22. The Hall–Kier alpha value is -3.11. The van der Waals surface area contributed by atoms with E-state index in [1.54, 1.807) is 42.5 Å². The van der Waals surface area contributed by atoms with Crippen LogP contribution in [-0.2, 0) is 0 Å². The lowest BCUT2D eigenvalue weighted by atomic mass is 10.1. The minimum atomic E-state index is -0.879. The SMILES string of the molecule is C1=C[SiH2]C=C1.O=C(O)c1ccccc1.Oc1ccc2ccccc2c1. The Balaban J connectivity index is 0.000000145. The lowest BCUT2D eigenvalue weighted by Gasteiger charge is -1.96. The van der Waals surface area contributed by atoms with Crippen LogP contribution >= 0.6 is 0 Å². The van der Waals surface area contributed by atoms with Gasteiger partial charge in [-0.25, -0.2) is 4.79 Å². The molecule has 0 saturated carbocycles. The van der Waals surface area contributed by atoms with Crippen LogP contribution in [0, 0.1) is 0 Å². The number of allylic oxidation sites excluding steroid dienone is 2. The zero-order valence-corrected chi connectivity index (χ0v) is 15.2. The molecule has 1 aliphatic rings. The molecule has 2 N–H and O–H groups in total. The van der Waals surface area contributed by atoms with E-state index in [0.717, 1.165) is 10.8 Å². The summed E-state index contributed by atoms with van der Waals surface area (Å²) in [6.07, 6.45) is 4.23. The summed E-state index contributed by atoms with van der Waals surface area (Å²) >= 11 is 0. The number of phenols is 1. The summed E-state index contributed by atoms with van der Waals surface area (Å²) in [6, 6.07) is 21.6. The monoisotopic (exact) mass is 348 g/mol. The van der Waals surface area contributed by atoms with E-state index in [1.165, 1.54) is 0 Å². The van der Waals surface area contributed by atoms with Crippen molar-refractivity contribution in [1.82, 2.24) is 0 Å². The third-order valence-electron chi connectivity index (χ3n) is 3.41. The van der Waals surface area contributed by atoms with Gasteiger partial charge in [-0.2, -0.15) is 0 Å². The van der Waals surface area contributed by atoms with E-state index >= 15 is 0 Å². The molecule has 25 heavy (non-hydrogen) atoms. The average molecular weight is 348 g/mol. The second kappa shape index (κ2) is 9.90. The van der Waals surface area contributed by atoms with Crippen LogP contribution < -0.4 is 0 Å². The van der Waals surface area contributed by atoms with Gasteiger partial charge in [-0.1, -0.05) is 72.1 Å². The van der Waals surface area contributed by atoms with Gasteiger partial charge < -0.3 is 10.2 Å². The van der Waals surface area contributed by atoms with Crippen LogP contribution in [-0.4, -0.2) is 25.7 Å². The molecule has 0 fully saturated rings. The number of hydrogen-bond donors (Lipinski definition) is 2. The Morgan fingerprint density at radius 2 is 1.36 bits per heavy atom. The summed E-state index contributed by atoms with van der Waals surface area (Å²) in [5.41, 5.74) is 4.86. The molecule has 0 bridgehead atoms. The number of rotatable bonds is 1. The molecular formula is C21H20O3Si. The van der Waals surface area contributed by atoms with Crippen molar-refractivity contribution >= 4 is 26.3 Å². The molecule has 4 heteroatoms. The second-order valence-corrected chi connectivity index (χ2v) is 6.71. The van der Waals surface area contributed by atoms with Crippen LogP contribution in [0.5, 0.6) is 5.75 Å². The second-order valence-electron chi connectivity index (χ2n) is 5.29. The minimum Gasteiger partial charge on any atom is -0.508 e. The number of hydrogen-bond acceptors (Lipinski definition) is 2. The van der Waals surface area contributed by atoms with Crippen molar-refractivity contribution in [3.63, 3.8) is 0 Å². The first kappa shape index (κ1) is 18.2. The number of fused-ring (bicyclic) bond motifs is 1. The minimum absolute atomic E-state index is 0.182. The fourth-order valence-corrected chi connectivity index (χ4v) is 2.94. The van der Waals surface area contributed by atoms with Crippen LogP contribution in [0.15, 0.2) is 96.3 Å². The predicted molar refractivity (Wildman–Crippen MR) is 106 cm³/mol. The molecule has 3 aromatic rings. The summed E-state index contributed by atoms with van der Waals surface area (Å²) in [7, 11) is 0.182. The van der Waals surface area contributed by atoms with Crippen molar-refractivity contribution in [1.29, 1.82) is 0 Å². The maximum atomic E-state index is 10.2. The van der Waals surface area contributed by atoms with Crippen LogP contribution in [0.3, 0.4) is 0 Å². The van der Waals surface area contributed by atoms with Crippen molar-refractivity contribution in [2.45, 2.75) is 0 Å². The van der Waals surface area contributed by atoms with Crippen molar-refractivity contribution < 1.29 is 15.0 Å². The summed E-state index contributed by atoms with van der Waals surface area (Å²) in [5, 5.41) is 19.7. The van der Waals surface area contributed by atoms with Gasteiger partial charge >= 0.3 is 5.97 Å². The lowest BCUT2D eigenvalue weighted by Crippen LogP contribution is -1.93. The number of aromatic hydroxyl groups is 1. The zero-order valence-electron chi connectivity index (χ0n) is 13.7. The molecule has 126 valence electrons. The summed E-state index contributed by atoms with van der Waals surface area (Å²) in [6.45, 7) is 0. The maximum Gasteiger partial charge on any atom is 0.335 e. The van der Waals surface area contributed by atoms with Crippen LogP contribution in [0.4, 0.5) is 0 Å². The first-order valence-corrected chi connectivity index (χ1v) is 9.58. The van der Waals surface area contributed by atoms with Gasteiger partial charge in [0.15, 0.2) is 0 Å². The number of carbonyl (C=O) groups is 1. The smallest absolute Gasteiger partial charge is 0.335 e. The molecule has 0 aliphatic carbocycles. The van der Waals surface area contributed by atoms with Gasteiger partial charge in [0.1, 0.15) is 5.75 Å². The molecule has 0 saturated heterocycles. The van der Waals surface area contributed by atoms with E-state index in [1.807, 2.05) is 30.3 Å². The molecule has 0 radical (unpaired) electrons. The van der Waals surface area contributed by atoms with E-state index < -0.39 is 5.97 Å².